The average Bonchev–Trinajstić information content (AvgIpc) is 2.90. The number of para-hydroxylation sites is 1. The average molecular weight is 512 g/mol. The monoisotopic (exact) mass is 511 g/mol. The van der Waals surface area contributed by atoms with E-state index < -0.39 is 17.8 Å². The molecule has 6 nitrogen and oxygen atoms in total. The predicted octanol–water partition coefficient (Wildman–Crippen LogP) is 5.23. The second kappa shape index (κ2) is 13.0. The maximum absolute atomic E-state index is 13.8. The van der Waals surface area contributed by atoms with Crippen LogP contribution < -0.4 is 15.0 Å². The molecule has 1 N–H and O–H groups in total. The van der Waals surface area contributed by atoms with Gasteiger partial charge in [-0.1, -0.05) is 36.9 Å². The van der Waals surface area contributed by atoms with Crippen molar-refractivity contribution in [3.8, 4) is 11.5 Å². The van der Waals surface area contributed by atoms with E-state index in [1.54, 1.807) is 36.1 Å². The fourth-order valence-corrected chi connectivity index (χ4v) is 4.04. The van der Waals surface area contributed by atoms with Gasteiger partial charge in [-0.15, -0.1) is 11.6 Å². The molecule has 0 saturated carbocycles. The van der Waals surface area contributed by atoms with Crippen LogP contribution in [0.3, 0.4) is 0 Å². The zero-order valence-electron chi connectivity index (χ0n) is 20.5. The maximum Gasteiger partial charge on any atom is 0.250 e. The third-order valence-electron chi connectivity index (χ3n) is 5.73. The molecule has 0 radical (unpaired) electrons. The fourth-order valence-electron chi connectivity index (χ4n) is 3.92. The lowest BCUT2D eigenvalue weighted by atomic mass is 10.0. The second-order valence-electron chi connectivity index (χ2n) is 8.43. The number of anilines is 1. The van der Waals surface area contributed by atoms with Crippen molar-refractivity contribution in [3.05, 3.63) is 90.8 Å². The fraction of sp³-hybridized carbons (Fsp3) is 0.286. The highest BCUT2D eigenvalue weighted by atomic mass is 35.5. The van der Waals surface area contributed by atoms with Crippen molar-refractivity contribution >= 4 is 29.1 Å². The Hall–Kier alpha value is -3.42. The zero-order valence-corrected chi connectivity index (χ0v) is 21.2. The van der Waals surface area contributed by atoms with Crippen molar-refractivity contribution in [3.63, 3.8) is 0 Å². The summed E-state index contributed by atoms with van der Waals surface area (Å²) >= 11 is 5.98. The first-order valence-electron chi connectivity index (χ1n) is 11.8. The van der Waals surface area contributed by atoms with Crippen LogP contribution in [0.1, 0.15) is 13.8 Å². The third-order valence-corrected chi connectivity index (χ3v) is 5.96. The van der Waals surface area contributed by atoms with E-state index in [4.69, 9.17) is 16.3 Å². The van der Waals surface area contributed by atoms with Crippen LogP contribution in [0.25, 0.3) is 0 Å². The first kappa shape index (κ1) is 27.2. The number of alkyl halides is 1. The molecule has 1 aliphatic rings. The quantitative estimate of drug-likeness (QED) is 0.370. The summed E-state index contributed by atoms with van der Waals surface area (Å²) < 4.78 is 19.7. The molecule has 0 aromatic heterocycles. The van der Waals surface area contributed by atoms with Gasteiger partial charge in [0.1, 0.15) is 29.2 Å². The number of carbonyl (C=O) groups excluding carboxylic acids is 2. The van der Waals surface area contributed by atoms with Crippen LogP contribution >= 0.6 is 11.6 Å². The Kier molecular flexibility index (Phi) is 9.85. The van der Waals surface area contributed by atoms with Crippen LogP contribution in [0.2, 0.25) is 0 Å². The Labute approximate surface area is 216 Å². The predicted molar refractivity (Wildman–Crippen MR) is 142 cm³/mol. The highest BCUT2D eigenvalue weighted by Crippen LogP contribution is 2.28. The number of benzene rings is 2. The van der Waals surface area contributed by atoms with Crippen LogP contribution in [0.4, 0.5) is 10.1 Å². The summed E-state index contributed by atoms with van der Waals surface area (Å²) in [6.07, 6.45) is 3.94. The van der Waals surface area contributed by atoms with Gasteiger partial charge in [-0.2, -0.15) is 0 Å². The minimum absolute atomic E-state index is 0.0965. The van der Waals surface area contributed by atoms with Crippen LogP contribution in [-0.4, -0.2) is 54.3 Å². The summed E-state index contributed by atoms with van der Waals surface area (Å²) in [5.41, 5.74) is 0.718. The molecule has 0 unspecified atom stereocenters. The molecule has 3 rings (SSSR count). The molecule has 0 aliphatic carbocycles. The second-order valence-corrected chi connectivity index (χ2v) is 8.70. The van der Waals surface area contributed by atoms with Crippen molar-refractivity contribution in [2.24, 2.45) is 0 Å². The lowest BCUT2D eigenvalue weighted by Crippen LogP contribution is -2.58. The molecule has 1 fully saturated rings. The molecular weight excluding hydrogens is 481 g/mol. The summed E-state index contributed by atoms with van der Waals surface area (Å²) in [7, 11) is 0. The smallest absolute Gasteiger partial charge is 0.250 e. The van der Waals surface area contributed by atoms with Gasteiger partial charge in [-0.25, -0.2) is 4.39 Å². The lowest BCUT2D eigenvalue weighted by Gasteiger charge is -2.38. The molecule has 8 heteroatoms. The number of allylic oxidation sites excluding steroid dienone is 3. The Morgan fingerprint density at radius 1 is 1.19 bits per heavy atom. The molecule has 2 aromatic rings. The van der Waals surface area contributed by atoms with Gasteiger partial charge in [0.05, 0.1) is 0 Å². The number of halogens is 2. The summed E-state index contributed by atoms with van der Waals surface area (Å²) in [6.45, 7) is 9.16. The van der Waals surface area contributed by atoms with E-state index in [0.717, 1.165) is 0 Å². The molecular formula is C28H31ClFN3O3. The number of rotatable bonds is 9. The van der Waals surface area contributed by atoms with Gasteiger partial charge in [-0.3, -0.25) is 14.5 Å². The molecule has 0 bridgehead atoms. The molecule has 2 amide bonds. The molecule has 2 atom stereocenters. The summed E-state index contributed by atoms with van der Waals surface area (Å²) in [4.78, 5) is 29.9. The molecule has 36 heavy (non-hydrogen) atoms. The van der Waals surface area contributed by atoms with Gasteiger partial charge in [0.25, 0.3) is 0 Å². The lowest BCUT2D eigenvalue weighted by molar-refractivity contribution is -0.134. The molecule has 0 spiro atoms. The van der Waals surface area contributed by atoms with Crippen molar-refractivity contribution in [2.75, 3.05) is 30.4 Å². The van der Waals surface area contributed by atoms with Gasteiger partial charge in [0, 0.05) is 31.4 Å². The minimum atomic E-state index is -1.09. The highest BCUT2D eigenvalue weighted by Gasteiger charge is 2.36. The van der Waals surface area contributed by atoms with Gasteiger partial charge < -0.3 is 15.0 Å². The largest absolute Gasteiger partial charge is 0.457 e. The third kappa shape index (κ3) is 7.06. The van der Waals surface area contributed by atoms with Gasteiger partial charge in [-0.05, 0) is 61.9 Å². The maximum atomic E-state index is 13.8. The highest BCUT2D eigenvalue weighted by molar-refractivity contribution is 6.30. The molecule has 1 saturated heterocycles. The van der Waals surface area contributed by atoms with E-state index in [1.807, 2.05) is 37.3 Å². The Bertz CT molecular complexity index is 1120. The molecule has 2 aromatic carbocycles. The van der Waals surface area contributed by atoms with Crippen molar-refractivity contribution in [1.82, 2.24) is 10.2 Å². The van der Waals surface area contributed by atoms with Gasteiger partial charge in [0.15, 0.2) is 0 Å². The standard InChI is InChI=1S/C28H31ClFN3O3/c1-4-22(30)11-10-20(2)27(28(35)32-17-16-31-21(3)19-32)33(26(34)18-29)23-12-14-25(15-13-23)36-24-8-6-5-7-9-24/h4-15,21,27,31H,2,16-19H2,1,3H3/b11-10-,22-4+/t21-,27-/m1/s1. The Morgan fingerprint density at radius 3 is 2.47 bits per heavy atom. The topological polar surface area (TPSA) is 61.9 Å². The van der Waals surface area contributed by atoms with E-state index in [9.17, 15) is 14.0 Å². The van der Waals surface area contributed by atoms with E-state index in [2.05, 4.69) is 11.9 Å². The molecule has 1 aliphatic heterocycles. The number of nitrogens with zero attached hydrogens (tertiary/aromatic N) is 2. The SMILES string of the molecule is C=C(/C=C\C(F)=C/C)[C@H](C(=O)N1CCN[C@H](C)C1)N(C(=O)CCl)c1ccc(Oc2ccccc2)cc1. The van der Waals surface area contributed by atoms with Crippen LogP contribution in [0.5, 0.6) is 11.5 Å². The van der Waals surface area contributed by atoms with Gasteiger partial charge >= 0.3 is 0 Å². The number of carbonyl (C=O) groups is 2. The number of hydrogen-bond donors (Lipinski definition) is 1. The number of piperazine rings is 1. The number of ether oxygens (including phenoxy) is 1. The van der Waals surface area contributed by atoms with E-state index in [1.165, 1.54) is 23.1 Å². The normalized spacial score (nSPS) is 17.1. The summed E-state index contributed by atoms with van der Waals surface area (Å²) in [5.74, 6) is -0.363. The Morgan fingerprint density at radius 2 is 1.86 bits per heavy atom. The van der Waals surface area contributed by atoms with Gasteiger partial charge in [0.2, 0.25) is 11.8 Å². The number of amides is 2. The van der Waals surface area contributed by atoms with E-state index in [-0.39, 0.29) is 23.4 Å². The van der Waals surface area contributed by atoms with Crippen LogP contribution in [-0.2, 0) is 9.59 Å². The van der Waals surface area contributed by atoms with E-state index >= 15 is 0 Å². The van der Waals surface area contributed by atoms with Crippen LogP contribution in [0.15, 0.2) is 90.8 Å². The van der Waals surface area contributed by atoms with E-state index in [0.29, 0.717) is 36.8 Å². The number of hydrogen-bond acceptors (Lipinski definition) is 4. The molecule has 190 valence electrons. The van der Waals surface area contributed by atoms with Crippen molar-refractivity contribution in [1.29, 1.82) is 0 Å². The Balaban J connectivity index is 1.97. The first-order chi connectivity index (χ1) is 17.3. The van der Waals surface area contributed by atoms with Crippen molar-refractivity contribution < 1.29 is 18.7 Å². The minimum Gasteiger partial charge on any atom is -0.457 e. The summed E-state index contributed by atoms with van der Waals surface area (Å²) in [6, 6.07) is 15.1. The van der Waals surface area contributed by atoms with Crippen molar-refractivity contribution in [2.45, 2.75) is 25.9 Å². The molecule has 1 heterocycles. The summed E-state index contributed by atoms with van der Waals surface area (Å²) in [5, 5.41) is 3.30. The number of nitrogens with one attached hydrogen (secondary N) is 1. The first-order valence-corrected chi connectivity index (χ1v) is 12.3. The zero-order chi connectivity index (χ0) is 26.1. The van der Waals surface area contributed by atoms with Crippen LogP contribution in [0, 0.1) is 0 Å².